The first-order valence-electron chi connectivity index (χ1n) is 5.73. The lowest BCUT2D eigenvalue weighted by molar-refractivity contribution is -0.390. The predicted octanol–water partition coefficient (Wildman–Crippen LogP) is 1.75. The summed E-state index contributed by atoms with van der Waals surface area (Å²) in [7, 11) is 0. The largest absolute Gasteiger partial charge is 0.404 e. The van der Waals surface area contributed by atoms with E-state index in [4.69, 9.17) is 9.47 Å². The van der Waals surface area contributed by atoms with Crippen LogP contribution in [0, 0.1) is 10.1 Å². The van der Waals surface area contributed by atoms with E-state index in [9.17, 15) is 10.1 Å². The Hall–Kier alpha value is -0.990. The monoisotopic (exact) mass is 319 g/mol. The van der Waals surface area contributed by atoms with Gasteiger partial charge in [0.1, 0.15) is 4.47 Å². The number of halogens is 1. The molecule has 1 saturated heterocycles. The molecule has 100 valence electrons. The number of nitro groups is 1. The predicted molar refractivity (Wildman–Crippen MR) is 66.4 cm³/mol. The summed E-state index contributed by atoms with van der Waals surface area (Å²) in [6.07, 6.45) is 3.90. The van der Waals surface area contributed by atoms with E-state index in [2.05, 4.69) is 21.0 Å². The van der Waals surface area contributed by atoms with E-state index in [-0.39, 0.29) is 11.9 Å². The second kappa shape index (κ2) is 6.26. The number of rotatable bonds is 6. The average molecular weight is 320 g/mol. The van der Waals surface area contributed by atoms with Crippen LogP contribution in [-0.4, -0.2) is 40.6 Å². The summed E-state index contributed by atoms with van der Waals surface area (Å²) in [5, 5.41) is 14.4. The number of aromatic nitrogens is 2. The summed E-state index contributed by atoms with van der Waals surface area (Å²) in [6.45, 7) is 2.33. The third-order valence-corrected chi connectivity index (χ3v) is 3.22. The quantitative estimate of drug-likeness (QED) is 0.453. The van der Waals surface area contributed by atoms with Gasteiger partial charge in [-0.2, -0.15) is 4.68 Å². The molecule has 0 spiro atoms. The van der Waals surface area contributed by atoms with Crippen LogP contribution in [0.5, 0.6) is 0 Å². The van der Waals surface area contributed by atoms with Gasteiger partial charge in [-0.1, -0.05) is 0 Å². The maximum Gasteiger partial charge on any atom is 0.404 e. The maximum atomic E-state index is 10.6. The van der Waals surface area contributed by atoms with Crippen LogP contribution in [0.15, 0.2) is 10.7 Å². The van der Waals surface area contributed by atoms with Crippen LogP contribution in [0.4, 0.5) is 5.82 Å². The first-order valence-corrected chi connectivity index (χ1v) is 6.53. The molecule has 7 nitrogen and oxygen atoms in total. The van der Waals surface area contributed by atoms with Crippen LogP contribution in [0.2, 0.25) is 0 Å². The normalized spacial score (nSPS) is 19.3. The summed E-state index contributed by atoms with van der Waals surface area (Å²) < 4.78 is 12.8. The highest BCUT2D eigenvalue weighted by Crippen LogP contribution is 2.21. The van der Waals surface area contributed by atoms with Gasteiger partial charge in [0.05, 0.1) is 37.2 Å². The minimum atomic E-state index is -0.520. The average Bonchev–Trinajstić information content (AvgIpc) is 2.94. The second-order valence-corrected chi connectivity index (χ2v) is 4.89. The molecule has 0 unspecified atom stereocenters. The Bertz CT molecular complexity index is 417. The van der Waals surface area contributed by atoms with E-state index in [0.717, 1.165) is 19.4 Å². The molecule has 1 atom stereocenters. The lowest BCUT2D eigenvalue weighted by atomic mass is 10.2. The lowest BCUT2D eigenvalue weighted by Crippen LogP contribution is -2.16. The number of hydrogen-bond acceptors (Lipinski definition) is 5. The lowest BCUT2D eigenvalue weighted by Gasteiger charge is -2.08. The summed E-state index contributed by atoms with van der Waals surface area (Å²) in [4.78, 5) is 10.1. The van der Waals surface area contributed by atoms with Crippen molar-refractivity contribution in [3.05, 3.63) is 20.8 Å². The maximum absolute atomic E-state index is 10.6. The molecule has 0 aromatic carbocycles. The number of ether oxygens (including phenoxy) is 2. The van der Waals surface area contributed by atoms with Crippen LogP contribution in [-0.2, 0) is 16.0 Å². The molecule has 1 aliphatic rings. The molecular formula is C10H14BrN3O4. The molecule has 0 amide bonds. The standard InChI is InChI=1S/C10H14BrN3O4/c11-9-6-13(12-10(9)14(15)16)3-5-17-7-8-2-1-4-18-8/h6,8H,1-5,7H2/t8-/m1/s1. The first-order chi connectivity index (χ1) is 8.66. The van der Waals surface area contributed by atoms with Gasteiger partial charge in [-0.3, -0.25) is 0 Å². The van der Waals surface area contributed by atoms with E-state index >= 15 is 0 Å². The summed E-state index contributed by atoms with van der Waals surface area (Å²) in [5.41, 5.74) is 0. The Labute approximate surface area is 112 Å². The van der Waals surface area contributed by atoms with Crippen LogP contribution in [0.1, 0.15) is 12.8 Å². The van der Waals surface area contributed by atoms with Gasteiger partial charge in [-0.05, 0) is 33.7 Å². The van der Waals surface area contributed by atoms with Crippen molar-refractivity contribution in [3.63, 3.8) is 0 Å². The smallest absolute Gasteiger partial charge is 0.377 e. The van der Waals surface area contributed by atoms with Gasteiger partial charge < -0.3 is 19.6 Å². The van der Waals surface area contributed by atoms with Gasteiger partial charge in [-0.25, -0.2) is 0 Å². The molecular weight excluding hydrogens is 306 g/mol. The Morgan fingerprint density at radius 2 is 2.56 bits per heavy atom. The minimum Gasteiger partial charge on any atom is -0.377 e. The fourth-order valence-corrected chi connectivity index (χ4v) is 2.23. The van der Waals surface area contributed by atoms with Crippen molar-refractivity contribution in [1.29, 1.82) is 0 Å². The highest BCUT2D eigenvalue weighted by Gasteiger charge is 2.19. The molecule has 0 aliphatic carbocycles. The molecule has 8 heteroatoms. The molecule has 18 heavy (non-hydrogen) atoms. The van der Waals surface area contributed by atoms with Crippen LogP contribution < -0.4 is 0 Å². The Balaban J connectivity index is 1.72. The van der Waals surface area contributed by atoms with Crippen molar-refractivity contribution in [2.75, 3.05) is 19.8 Å². The minimum absolute atomic E-state index is 0.172. The zero-order valence-electron chi connectivity index (χ0n) is 9.75. The molecule has 0 saturated carbocycles. The topological polar surface area (TPSA) is 79.4 Å². The third-order valence-electron chi connectivity index (χ3n) is 2.66. The van der Waals surface area contributed by atoms with E-state index in [1.165, 1.54) is 4.68 Å². The molecule has 1 fully saturated rings. The first kappa shape index (κ1) is 13.4. The molecule has 0 radical (unpaired) electrons. The fourth-order valence-electron chi connectivity index (χ4n) is 1.77. The van der Waals surface area contributed by atoms with Crippen molar-refractivity contribution in [2.45, 2.75) is 25.5 Å². The van der Waals surface area contributed by atoms with Crippen molar-refractivity contribution in [3.8, 4) is 0 Å². The van der Waals surface area contributed by atoms with Crippen molar-refractivity contribution >= 4 is 21.7 Å². The second-order valence-electron chi connectivity index (χ2n) is 4.03. The van der Waals surface area contributed by atoms with Gasteiger partial charge in [0, 0.05) is 6.61 Å². The zero-order valence-corrected chi connectivity index (χ0v) is 11.3. The summed E-state index contributed by atoms with van der Waals surface area (Å²) in [5.74, 6) is -0.172. The molecule has 0 bridgehead atoms. The van der Waals surface area contributed by atoms with Gasteiger partial charge in [0.2, 0.25) is 0 Å². The van der Waals surface area contributed by atoms with Crippen molar-refractivity contribution in [2.24, 2.45) is 0 Å². The number of nitrogens with zero attached hydrogens (tertiary/aromatic N) is 3. The van der Waals surface area contributed by atoms with E-state index in [0.29, 0.717) is 24.2 Å². The number of hydrogen-bond donors (Lipinski definition) is 0. The highest BCUT2D eigenvalue weighted by atomic mass is 79.9. The zero-order chi connectivity index (χ0) is 13.0. The van der Waals surface area contributed by atoms with Gasteiger partial charge in [0.15, 0.2) is 0 Å². The molecule has 0 N–H and O–H groups in total. The molecule has 2 heterocycles. The summed E-state index contributed by atoms with van der Waals surface area (Å²) in [6, 6.07) is 0. The fraction of sp³-hybridized carbons (Fsp3) is 0.700. The molecule has 2 rings (SSSR count). The van der Waals surface area contributed by atoms with Crippen LogP contribution in [0.3, 0.4) is 0 Å². The summed E-state index contributed by atoms with van der Waals surface area (Å²) >= 11 is 3.09. The van der Waals surface area contributed by atoms with Crippen molar-refractivity contribution < 1.29 is 14.4 Å². The molecule has 1 aliphatic heterocycles. The van der Waals surface area contributed by atoms with Gasteiger partial charge in [0.25, 0.3) is 0 Å². The van der Waals surface area contributed by atoms with E-state index < -0.39 is 4.92 Å². The van der Waals surface area contributed by atoms with Gasteiger partial charge >= 0.3 is 5.82 Å². The highest BCUT2D eigenvalue weighted by molar-refractivity contribution is 9.10. The van der Waals surface area contributed by atoms with E-state index in [1.54, 1.807) is 6.20 Å². The third kappa shape index (κ3) is 3.50. The Kier molecular flexibility index (Phi) is 4.67. The van der Waals surface area contributed by atoms with Crippen molar-refractivity contribution in [1.82, 2.24) is 9.78 Å². The van der Waals surface area contributed by atoms with E-state index in [1.807, 2.05) is 0 Å². The Morgan fingerprint density at radius 1 is 1.72 bits per heavy atom. The van der Waals surface area contributed by atoms with Crippen LogP contribution in [0.25, 0.3) is 0 Å². The molecule has 1 aromatic rings. The molecule has 1 aromatic heterocycles. The van der Waals surface area contributed by atoms with Crippen LogP contribution >= 0.6 is 15.9 Å². The van der Waals surface area contributed by atoms with Gasteiger partial charge in [-0.15, -0.1) is 0 Å². The SMILES string of the molecule is O=[N+]([O-])c1nn(CCOC[C@H]2CCCO2)cc1Br. The Morgan fingerprint density at radius 3 is 3.17 bits per heavy atom.